The highest BCUT2D eigenvalue weighted by Gasteiger charge is 2.15. The number of benzene rings is 1. The normalized spacial score (nSPS) is 10.7. The third-order valence-electron chi connectivity index (χ3n) is 2.61. The third-order valence-corrected chi connectivity index (χ3v) is 3.49. The number of esters is 1. The molecule has 0 fully saturated rings. The quantitative estimate of drug-likeness (QED) is 0.662. The summed E-state index contributed by atoms with van der Waals surface area (Å²) in [5.41, 5.74) is 2.02. The first kappa shape index (κ1) is 11.0. The fourth-order valence-electron chi connectivity index (χ4n) is 1.74. The van der Waals surface area contributed by atoms with E-state index in [4.69, 9.17) is 4.42 Å². The molecule has 0 aliphatic heterocycles. The van der Waals surface area contributed by atoms with Crippen LogP contribution in [0.5, 0.6) is 0 Å². The Hall–Kier alpha value is -2.14. The van der Waals surface area contributed by atoms with Crippen molar-refractivity contribution in [2.45, 2.75) is 0 Å². The summed E-state index contributed by atoms with van der Waals surface area (Å²) in [5, 5.41) is 3.42. The molecule has 5 heteroatoms. The van der Waals surface area contributed by atoms with Crippen molar-refractivity contribution in [2.75, 3.05) is 7.11 Å². The molecule has 4 nitrogen and oxygen atoms in total. The highest BCUT2D eigenvalue weighted by molar-refractivity contribution is 7.13. The number of rotatable bonds is 2. The molecule has 0 saturated carbocycles. The number of hydrogen-bond donors (Lipinski definition) is 0. The second-order valence-electron chi connectivity index (χ2n) is 3.68. The summed E-state index contributed by atoms with van der Waals surface area (Å²) in [4.78, 5) is 15.6. The van der Waals surface area contributed by atoms with E-state index in [1.807, 2.05) is 24.3 Å². The van der Waals surface area contributed by atoms with Crippen molar-refractivity contribution in [3.05, 3.63) is 41.6 Å². The maximum absolute atomic E-state index is 11.4. The average Bonchev–Trinajstić information content (AvgIpc) is 3.03. The number of fused-ring (bicyclic) bond motifs is 1. The molecule has 0 spiro atoms. The van der Waals surface area contributed by atoms with Crippen LogP contribution in [0, 0.1) is 0 Å². The van der Waals surface area contributed by atoms with E-state index in [1.165, 1.54) is 18.4 Å². The summed E-state index contributed by atoms with van der Waals surface area (Å²) in [6.07, 6.45) is 1.66. The molecule has 3 aromatic rings. The predicted molar refractivity (Wildman–Crippen MR) is 68.7 cm³/mol. The van der Waals surface area contributed by atoms with Crippen molar-refractivity contribution in [3.63, 3.8) is 0 Å². The standard InChI is InChI=1S/C13H9NO3S/c1-16-13(15)10-7-18-12(14-10)9-6-17-11-5-3-2-4-8(9)11/h2-7H,1H3. The fraction of sp³-hybridized carbons (Fsp3) is 0.0769. The van der Waals surface area contributed by atoms with Gasteiger partial charge in [-0.05, 0) is 6.07 Å². The lowest BCUT2D eigenvalue weighted by atomic mass is 10.2. The van der Waals surface area contributed by atoms with Crippen LogP contribution in [0.2, 0.25) is 0 Å². The van der Waals surface area contributed by atoms with E-state index in [1.54, 1.807) is 11.6 Å². The Kier molecular flexibility index (Phi) is 2.60. The number of carbonyl (C=O) groups is 1. The minimum Gasteiger partial charge on any atom is -0.464 e. The Bertz CT molecular complexity index is 714. The minimum absolute atomic E-state index is 0.322. The summed E-state index contributed by atoms with van der Waals surface area (Å²) in [5.74, 6) is -0.426. The molecule has 0 radical (unpaired) electrons. The van der Waals surface area contributed by atoms with Gasteiger partial charge in [-0.25, -0.2) is 9.78 Å². The van der Waals surface area contributed by atoms with Crippen LogP contribution in [0.1, 0.15) is 10.5 Å². The zero-order valence-electron chi connectivity index (χ0n) is 9.54. The highest BCUT2D eigenvalue weighted by atomic mass is 32.1. The van der Waals surface area contributed by atoms with Gasteiger partial charge in [0.1, 0.15) is 16.9 Å². The predicted octanol–water partition coefficient (Wildman–Crippen LogP) is 3.34. The number of ether oxygens (including phenoxy) is 1. The third kappa shape index (κ3) is 1.69. The van der Waals surface area contributed by atoms with Crippen LogP contribution in [0.4, 0.5) is 0 Å². The Morgan fingerprint density at radius 2 is 2.22 bits per heavy atom. The molecular formula is C13H9NO3S. The number of hydrogen-bond acceptors (Lipinski definition) is 5. The number of furan rings is 1. The van der Waals surface area contributed by atoms with E-state index >= 15 is 0 Å². The summed E-state index contributed by atoms with van der Waals surface area (Å²) in [6.45, 7) is 0. The molecule has 1 aromatic carbocycles. The van der Waals surface area contributed by atoms with Gasteiger partial charge in [0.2, 0.25) is 0 Å². The van der Waals surface area contributed by atoms with Crippen LogP contribution < -0.4 is 0 Å². The molecule has 90 valence electrons. The van der Waals surface area contributed by atoms with Gasteiger partial charge in [0.25, 0.3) is 0 Å². The number of nitrogens with zero attached hydrogens (tertiary/aromatic N) is 1. The molecule has 0 unspecified atom stereocenters. The Labute approximate surface area is 107 Å². The zero-order valence-corrected chi connectivity index (χ0v) is 10.4. The van der Waals surface area contributed by atoms with E-state index in [0.717, 1.165) is 21.5 Å². The van der Waals surface area contributed by atoms with Gasteiger partial charge in [-0.15, -0.1) is 11.3 Å². The van der Waals surface area contributed by atoms with Crippen molar-refractivity contribution in [2.24, 2.45) is 0 Å². The zero-order chi connectivity index (χ0) is 12.5. The van der Waals surface area contributed by atoms with Crippen molar-refractivity contribution in [1.29, 1.82) is 0 Å². The number of aromatic nitrogens is 1. The second kappa shape index (κ2) is 4.27. The van der Waals surface area contributed by atoms with Gasteiger partial charge in [0.05, 0.1) is 12.7 Å². The first-order valence-electron chi connectivity index (χ1n) is 5.30. The van der Waals surface area contributed by atoms with Crippen LogP contribution >= 0.6 is 11.3 Å². The van der Waals surface area contributed by atoms with Crippen molar-refractivity contribution < 1.29 is 13.9 Å². The smallest absolute Gasteiger partial charge is 0.357 e. The van der Waals surface area contributed by atoms with Crippen LogP contribution in [0.3, 0.4) is 0 Å². The summed E-state index contributed by atoms with van der Waals surface area (Å²) >= 11 is 1.39. The SMILES string of the molecule is COC(=O)c1csc(-c2coc3ccccc23)n1. The number of thiazole rings is 1. The molecule has 0 atom stereocenters. The molecular weight excluding hydrogens is 250 g/mol. The van der Waals surface area contributed by atoms with Crippen LogP contribution in [-0.4, -0.2) is 18.1 Å². The molecule has 0 bridgehead atoms. The first-order valence-corrected chi connectivity index (χ1v) is 6.18. The molecule has 2 aromatic heterocycles. The van der Waals surface area contributed by atoms with E-state index in [2.05, 4.69) is 9.72 Å². The topological polar surface area (TPSA) is 52.3 Å². The summed E-state index contributed by atoms with van der Waals surface area (Å²) in [7, 11) is 1.34. The molecule has 0 N–H and O–H groups in total. The van der Waals surface area contributed by atoms with Crippen LogP contribution in [-0.2, 0) is 4.74 Å². The second-order valence-corrected chi connectivity index (χ2v) is 4.53. The number of methoxy groups -OCH3 is 1. The molecule has 0 aliphatic rings. The molecule has 0 aliphatic carbocycles. The first-order chi connectivity index (χ1) is 8.79. The van der Waals surface area contributed by atoms with Gasteiger partial charge < -0.3 is 9.15 Å². The van der Waals surface area contributed by atoms with Gasteiger partial charge in [0, 0.05) is 10.8 Å². The van der Waals surface area contributed by atoms with Gasteiger partial charge in [-0.1, -0.05) is 18.2 Å². The van der Waals surface area contributed by atoms with Gasteiger partial charge >= 0.3 is 5.97 Å². The summed E-state index contributed by atoms with van der Waals surface area (Å²) in [6, 6.07) is 7.72. The van der Waals surface area contributed by atoms with E-state index in [0.29, 0.717) is 5.69 Å². The van der Waals surface area contributed by atoms with E-state index < -0.39 is 5.97 Å². The molecule has 0 saturated heterocycles. The van der Waals surface area contributed by atoms with Crippen molar-refractivity contribution in [1.82, 2.24) is 4.98 Å². The van der Waals surface area contributed by atoms with Gasteiger partial charge in [0.15, 0.2) is 5.69 Å². The van der Waals surface area contributed by atoms with Crippen molar-refractivity contribution in [3.8, 4) is 10.6 Å². The average molecular weight is 259 g/mol. The largest absolute Gasteiger partial charge is 0.464 e. The lowest BCUT2D eigenvalue weighted by molar-refractivity contribution is 0.0595. The van der Waals surface area contributed by atoms with Gasteiger partial charge in [-0.2, -0.15) is 0 Å². The lowest BCUT2D eigenvalue weighted by Gasteiger charge is -1.92. The Balaban J connectivity index is 2.09. The Morgan fingerprint density at radius 3 is 3.06 bits per heavy atom. The molecule has 18 heavy (non-hydrogen) atoms. The number of para-hydroxylation sites is 1. The molecule has 2 heterocycles. The monoisotopic (exact) mass is 259 g/mol. The Morgan fingerprint density at radius 1 is 1.39 bits per heavy atom. The fourth-order valence-corrected chi connectivity index (χ4v) is 2.55. The highest BCUT2D eigenvalue weighted by Crippen LogP contribution is 2.32. The number of carbonyl (C=O) groups excluding carboxylic acids is 1. The maximum Gasteiger partial charge on any atom is 0.357 e. The van der Waals surface area contributed by atoms with E-state index in [-0.39, 0.29) is 0 Å². The lowest BCUT2D eigenvalue weighted by Crippen LogP contribution is -2.00. The maximum atomic E-state index is 11.4. The van der Waals surface area contributed by atoms with Crippen LogP contribution in [0.25, 0.3) is 21.5 Å². The van der Waals surface area contributed by atoms with E-state index in [9.17, 15) is 4.79 Å². The minimum atomic E-state index is -0.426. The molecule has 3 rings (SSSR count). The van der Waals surface area contributed by atoms with Gasteiger partial charge in [-0.3, -0.25) is 0 Å². The van der Waals surface area contributed by atoms with Crippen LogP contribution in [0.15, 0.2) is 40.3 Å². The summed E-state index contributed by atoms with van der Waals surface area (Å²) < 4.78 is 10.1. The van der Waals surface area contributed by atoms with Crippen molar-refractivity contribution >= 4 is 28.3 Å². The molecule has 0 amide bonds.